The third-order valence-corrected chi connectivity index (χ3v) is 4.52. The third-order valence-electron chi connectivity index (χ3n) is 4.52. The van der Waals surface area contributed by atoms with Crippen LogP contribution in [0.2, 0.25) is 0 Å². The smallest absolute Gasteiger partial charge is 0.220 e. The maximum Gasteiger partial charge on any atom is 0.220 e. The molecule has 5 nitrogen and oxygen atoms in total. The minimum Gasteiger partial charge on any atom is -0.356 e. The predicted octanol–water partition coefficient (Wildman–Crippen LogP) is 0.999. The van der Waals surface area contributed by atoms with E-state index in [1.54, 1.807) is 4.68 Å². The monoisotopic (exact) mass is 276 g/mol. The molecule has 0 spiro atoms. The molecule has 2 unspecified atom stereocenters. The Balaban J connectivity index is 1.37. The SMILES string of the molecule is Cn1ccc(CCNC(=O)CC2CC3CCC(C2)N3)n1. The Labute approximate surface area is 120 Å². The number of carbonyl (C=O) groups is 1. The van der Waals surface area contributed by atoms with Crippen LogP contribution in [0.1, 0.15) is 37.8 Å². The summed E-state index contributed by atoms with van der Waals surface area (Å²) in [5.74, 6) is 0.774. The molecule has 3 heterocycles. The highest BCUT2D eigenvalue weighted by Gasteiger charge is 2.33. The number of aryl methyl sites for hydroxylation is 1. The molecule has 0 aliphatic carbocycles. The number of piperidine rings is 1. The lowest BCUT2D eigenvalue weighted by atomic mass is 9.89. The first-order valence-corrected chi connectivity index (χ1v) is 7.70. The molecule has 2 N–H and O–H groups in total. The van der Waals surface area contributed by atoms with E-state index in [9.17, 15) is 4.79 Å². The first-order chi connectivity index (χ1) is 9.69. The van der Waals surface area contributed by atoms with Gasteiger partial charge in [0.15, 0.2) is 0 Å². The lowest BCUT2D eigenvalue weighted by Gasteiger charge is -2.28. The Hall–Kier alpha value is -1.36. The van der Waals surface area contributed by atoms with Crippen LogP contribution in [-0.2, 0) is 18.3 Å². The summed E-state index contributed by atoms with van der Waals surface area (Å²) in [4.78, 5) is 12.0. The zero-order chi connectivity index (χ0) is 13.9. The minimum absolute atomic E-state index is 0.201. The summed E-state index contributed by atoms with van der Waals surface area (Å²) in [6, 6.07) is 3.33. The molecule has 2 saturated heterocycles. The van der Waals surface area contributed by atoms with E-state index < -0.39 is 0 Å². The standard InChI is InChI=1S/C15H24N4O/c1-19-7-5-12(18-19)4-6-16-15(20)10-11-8-13-2-3-14(9-11)17-13/h5,7,11,13-14,17H,2-4,6,8-10H2,1H3,(H,16,20). The Morgan fingerprint density at radius 1 is 1.45 bits per heavy atom. The Morgan fingerprint density at radius 2 is 2.20 bits per heavy atom. The lowest BCUT2D eigenvalue weighted by molar-refractivity contribution is -0.122. The molecule has 2 bridgehead atoms. The molecule has 2 aliphatic rings. The van der Waals surface area contributed by atoms with Crippen LogP contribution in [0.25, 0.3) is 0 Å². The van der Waals surface area contributed by atoms with E-state index in [0.717, 1.165) is 12.1 Å². The average Bonchev–Trinajstić information content (AvgIpc) is 2.96. The predicted molar refractivity (Wildman–Crippen MR) is 77.2 cm³/mol. The number of hydrogen-bond donors (Lipinski definition) is 2. The molecule has 0 radical (unpaired) electrons. The zero-order valence-corrected chi connectivity index (χ0v) is 12.1. The van der Waals surface area contributed by atoms with Crippen molar-refractivity contribution < 1.29 is 4.79 Å². The van der Waals surface area contributed by atoms with Crippen molar-refractivity contribution in [2.75, 3.05) is 6.54 Å². The molecule has 3 rings (SSSR count). The maximum absolute atomic E-state index is 12.0. The molecule has 1 aromatic rings. The Kier molecular flexibility index (Phi) is 4.05. The average molecular weight is 276 g/mol. The van der Waals surface area contributed by atoms with Crippen LogP contribution in [0.4, 0.5) is 0 Å². The van der Waals surface area contributed by atoms with Gasteiger partial charge in [0.05, 0.1) is 5.69 Å². The van der Waals surface area contributed by atoms with Gasteiger partial charge in [-0.2, -0.15) is 5.10 Å². The highest BCUT2D eigenvalue weighted by Crippen LogP contribution is 2.32. The number of aromatic nitrogens is 2. The number of hydrogen-bond acceptors (Lipinski definition) is 3. The fourth-order valence-electron chi connectivity index (χ4n) is 3.60. The second-order valence-electron chi connectivity index (χ2n) is 6.26. The van der Waals surface area contributed by atoms with Gasteiger partial charge in [-0.05, 0) is 37.7 Å². The first-order valence-electron chi connectivity index (χ1n) is 7.70. The molecular formula is C15H24N4O. The van der Waals surface area contributed by atoms with Crippen molar-refractivity contribution in [3.63, 3.8) is 0 Å². The van der Waals surface area contributed by atoms with E-state index in [2.05, 4.69) is 15.7 Å². The molecule has 1 aromatic heterocycles. The van der Waals surface area contributed by atoms with Gasteiger partial charge in [0.1, 0.15) is 0 Å². The van der Waals surface area contributed by atoms with Crippen LogP contribution < -0.4 is 10.6 Å². The van der Waals surface area contributed by atoms with Gasteiger partial charge in [0, 0.05) is 44.7 Å². The van der Waals surface area contributed by atoms with Crippen LogP contribution in [0, 0.1) is 5.92 Å². The second kappa shape index (κ2) is 5.95. The number of carbonyl (C=O) groups excluding carboxylic acids is 1. The van der Waals surface area contributed by atoms with Crippen molar-refractivity contribution in [1.29, 1.82) is 0 Å². The summed E-state index contributed by atoms with van der Waals surface area (Å²) in [5.41, 5.74) is 1.03. The van der Waals surface area contributed by atoms with E-state index >= 15 is 0 Å². The van der Waals surface area contributed by atoms with Gasteiger partial charge in [-0.25, -0.2) is 0 Å². The summed E-state index contributed by atoms with van der Waals surface area (Å²) in [6.07, 6.45) is 8.36. The summed E-state index contributed by atoms with van der Waals surface area (Å²) in [7, 11) is 1.91. The lowest BCUT2D eigenvalue weighted by Crippen LogP contribution is -2.39. The highest BCUT2D eigenvalue weighted by molar-refractivity contribution is 5.76. The van der Waals surface area contributed by atoms with Crippen LogP contribution in [0.15, 0.2) is 12.3 Å². The van der Waals surface area contributed by atoms with Gasteiger partial charge >= 0.3 is 0 Å². The van der Waals surface area contributed by atoms with Crippen LogP contribution in [-0.4, -0.2) is 34.3 Å². The van der Waals surface area contributed by atoms with E-state index in [4.69, 9.17) is 0 Å². The fourth-order valence-corrected chi connectivity index (χ4v) is 3.60. The molecule has 110 valence electrons. The van der Waals surface area contributed by atoms with Crippen molar-refractivity contribution in [2.45, 2.75) is 50.6 Å². The van der Waals surface area contributed by atoms with Gasteiger partial charge in [-0.1, -0.05) is 0 Å². The summed E-state index contributed by atoms with van der Waals surface area (Å²) >= 11 is 0. The topological polar surface area (TPSA) is 59.0 Å². The molecule has 0 aromatic carbocycles. The van der Waals surface area contributed by atoms with E-state index in [0.29, 0.717) is 31.0 Å². The summed E-state index contributed by atoms with van der Waals surface area (Å²) in [5, 5.41) is 11.0. The van der Waals surface area contributed by atoms with Crippen LogP contribution >= 0.6 is 0 Å². The number of nitrogens with one attached hydrogen (secondary N) is 2. The van der Waals surface area contributed by atoms with Crippen molar-refractivity contribution in [3.8, 4) is 0 Å². The van der Waals surface area contributed by atoms with Crippen LogP contribution in [0.3, 0.4) is 0 Å². The molecule has 2 atom stereocenters. The Morgan fingerprint density at radius 3 is 2.85 bits per heavy atom. The van der Waals surface area contributed by atoms with Crippen molar-refractivity contribution >= 4 is 5.91 Å². The maximum atomic E-state index is 12.0. The molecule has 0 saturated carbocycles. The molecule has 5 heteroatoms. The van der Waals surface area contributed by atoms with Gasteiger partial charge in [0.25, 0.3) is 0 Å². The van der Waals surface area contributed by atoms with Crippen molar-refractivity contribution in [1.82, 2.24) is 20.4 Å². The van der Waals surface area contributed by atoms with Gasteiger partial charge in [0.2, 0.25) is 5.91 Å². The van der Waals surface area contributed by atoms with E-state index in [1.807, 2.05) is 19.3 Å². The van der Waals surface area contributed by atoms with Gasteiger partial charge in [-0.3, -0.25) is 9.48 Å². The largest absolute Gasteiger partial charge is 0.356 e. The summed E-state index contributed by atoms with van der Waals surface area (Å²) < 4.78 is 1.79. The number of amides is 1. The molecule has 20 heavy (non-hydrogen) atoms. The van der Waals surface area contributed by atoms with Crippen molar-refractivity contribution in [2.24, 2.45) is 13.0 Å². The van der Waals surface area contributed by atoms with E-state index in [-0.39, 0.29) is 5.91 Å². The third kappa shape index (κ3) is 3.39. The minimum atomic E-state index is 0.201. The van der Waals surface area contributed by atoms with Crippen LogP contribution in [0.5, 0.6) is 0 Å². The Bertz CT molecular complexity index is 458. The number of nitrogens with zero attached hydrogens (tertiary/aromatic N) is 2. The number of rotatable bonds is 5. The molecular weight excluding hydrogens is 252 g/mol. The molecule has 2 aliphatic heterocycles. The van der Waals surface area contributed by atoms with Gasteiger partial charge < -0.3 is 10.6 Å². The second-order valence-corrected chi connectivity index (χ2v) is 6.26. The first kappa shape index (κ1) is 13.6. The molecule has 1 amide bonds. The quantitative estimate of drug-likeness (QED) is 0.843. The highest BCUT2D eigenvalue weighted by atomic mass is 16.1. The summed E-state index contributed by atoms with van der Waals surface area (Å²) in [6.45, 7) is 0.688. The molecule has 2 fully saturated rings. The zero-order valence-electron chi connectivity index (χ0n) is 12.1. The normalized spacial score (nSPS) is 28.6. The van der Waals surface area contributed by atoms with Gasteiger partial charge in [-0.15, -0.1) is 0 Å². The number of fused-ring (bicyclic) bond motifs is 2. The van der Waals surface area contributed by atoms with E-state index in [1.165, 1.54) is 25.7 Å². The van der Waals surface area contributed by atoms with Crippen molar-refractivity contribution in [3.05, 3.63) is 18.0 Å². The fraction of sp³-hybridized carbons (Fsp3) is 0.733.